The van der Waals surface area contributed by atoms with Gasteiger partial charge in [0.25, 0.3) is 0 Å². The molecular formula is C17H15ClN2O. The number of anilines is 1. The highest BCUT2D eigenvalue weighted by atomic mass is 35.5. The molecule has 1 heterocycles. The van der Waals surface area contributed by atoms with Crippen molar-refractivity contribution in [2.75, 3.05) is 11.9 Å². The summed E-state index contributed by atoms with van der Waals surface area (Å²) in [7, 11) is 0. The lowest BCUT2D eigenvalue weighted by atomic mass is 10.0. The van der Waals surface area contributed by atoms with Crippen molar-refractivity contribution in [3.05, 3.63) is 58.1 Å². The lowest BCUT2D eigenvalue weighted by molar-refractivity contribution is 0.357. The molecule has 0 saturated heterocycles. The normalized spacial score (nSPS) is 14.0. The molecule has 0 aliphatic carbocycles. The topological polar surface area (TPSA) is 45.0 Å². The number of nitrogens with zero attached hydrogens (tertiary/aromatic N) is 1. The summed E-state index contributed by atoms with van der Waals surface area (Å²) in [6.45, 7) is 2.86. The fraction of sp³-hybridized carbons (Fsp3) is 0.235. The van der Waals surface area contributed by atoms with Gasteiger partial charge in [0, 0.05) is 12.5 Å². The van der Waals surface area contributed by atoms with E-state index in [1.165, 1.54) is 11.1 Å². The minimum absolute atomic E-state index is 0.126. The first-order valence-corrected chi connectivity index (χ1v) is 7.27. The number of fused-ring (bicyclic) bond motifs is 1. The van der Waals surface area contributed by atoms with E-state index in [1.54, 1.807) is 12.1 Å². The Kier molecular flexibility index (Phi) is 3.72. The summed E-state index contributed by atoms with van der Waals surface area (Å²) < 4.78 is 5.52. The first kappa shape index (κ1) is 13.8. The molecule has 0 fully saturated rings. The summed E-state index contributed by atoms with van der Waals surface area (Å²) in [6, 6.07) is 13.8. The molecule has 0 spiro atoms. The van der Waals surface area contributed by atoms with Crippen molar-refractivity contribution >= 4 is 17.3 Å². The average molecular weight is 299 g/mol. The molecule has 3 nitrogen and oxygen atoms in total. The highest BCUT2D eigenvalue weighted by molar-refractivity contribution is 6.33. The molecule has 2 aromatic carbocycles. The molecule has 21 heavy (non-hydrogen) atoms. The third kappa shape index (κ3) is 2.81. The van der Waals surface area contributed by atoms with Gasteiger partial charge in [-0.1, -0.05) is 17.7 Å². The van der Waals surface area contributed by atoms with Crippen LogP contribution in [0.2, 0.25) is 5.02 Å². The Labute approximate surface area is 129 Å². The zero-order chi connectivity index (χ0) is 14.8. The van der Waals surface area contributed by atoms with Crippen LogP contribution in [-0.2, 0) is 6.42 Å². The van der Waals surface area contributed by atoms with Crippen LogP contribution in [0.4, 0.5) is 5.69 Å². The Morgan fingerprint density at radius 3 is 2.90 bits per heavy atom. The fourth-order valence-electron chi connectivity index (χ4n) is 2.49. The third-order valence-corrected chi connectivity index (χ3v) is 4.00. The number of hydrogen-bond acceptors (Lipinski definition) is 3. The predicted molar refractivity (Wildman–Crippen MR) is 83.8 cm³/mol. The van der Waals surface area contributed by atoms with Crippen molar-refractivity contribution in [2.24, 2.45) is 0 Å². The second kappa shape index (κ2) is 5.67. The summed E-state index contributed by atoms with van der Waals surface area (Å²) in [5.74, 6) is 0.988. The number of nitrogens with one attached hydrogen (secondary N) is 1. The summed E-state index contributed by atoms with van der Waals surface area (Å²) in [5.41, 5.74) is 3.85. The van der Waals surface area contributed by atoms with Crippen LogP contribution in [0, 0.1) is 11.3 Å². The minimum Gasteiger partial charge on any atom is -0.493 e. The van der Waals surface area contributed by atoms with Gasteiger partial charge in [-0.05, 0) is 48.4 Å². The van der Waals surface area contributed by atoms with E-state index in [0.29, 0.717) is 10.6 Å². The van der Waals surface area contributed by atoms with Gasteiger partial charge < -0.3 is 10.1 Å². The molecule has 2 aromatic rings. The summed E-state index contributed by atoms with van der Waals surface area (Å²) in [4.78, 5) is 0. The van der Waals surface area contributed by atoms with Crippen molar-refractivity contribution < 1.29 is 4.74 Å². The van der Waals surface area contributed by atoms with E-state index >= 15 is 0 Å². The van der Waals surface area contributed by atoms with Crippen LogP contribution >= 0.6 is 11.6 Å². The Morgan fingerprint density at radius 2 is 2.14 bits per heavy atom. The van der Waals surface area contributed by atoms with Crippen molar-refractivity contribution in [1.82, 2.24) is 0 Å². The van der Waals surface area contributed by atoms with Gasteiger partial charge >= 0.3 is 0 Å². The van der Waals surface area contributed by atoms with E-state index in [2.05, 4.69) is 30.4 Å². The van der Waals surface area contributed by atoms with Gasteiger partial charge in [0.15, 0.2) is 0 Å². The molecule has 3 rings (SSSR count). The monoisotopic (exact) mass is 298 g/mol. The van der Waals surface area contributed by atoms with Crippen LogP contribution in [0.5, 0.6) is 5.75 Å². The van der Waals surface area contributed by atoms with Crippen LogP contribution in [-0.4, -0.2) is 6.61 Å². The van der Waals surface area contributed by atoms with E-state index < -0.39 is 0 Å². The van der Waals surface area contributed by atoms with Crippen LogP contribution in [0.25, 0.3) is 0 Å². The second-order valence-electron chi connectivity index (χ2n) is 5.14. The highest BCUT2D eigenvalue weighted by Crippen LogP contribution is 2.31. The van der Waals surface area contributed by atoms with Crippen molar-refractivity contribution in [2.45, 2.75) is 19.4 Å². The van der Waals surface area contributed by atoms with Crippen LogP contribution < -0.4 is 10.1 Å². The molecule has 106 valence electrons. The first-order valence-electron chi connectivity index (χ1n) is 6.89. The molecule has 0 aromatic heterocycles. The molecular weight excluding hydrogens is 284 g/mol. The molecule has 0 amide bonds. The zero-order valence-electron chi connectivity index (χ0n) is 11.7. The van der Waals surface area contributed by atoms with Crippen LogP contribution in [0.1, 0.15) is 29.7 Å². The summed E-state index contributed by atoms with van der Waals surface area (Å²) in [5, 5.41) is 12.8. The molecule has 1 aliphatic rings. The Hall–Kier alpha value is -2.18. The van der Waals surface area contributed by atoms with Gasteiger partial charge in [-0.15, -0.1) is 0 Å². The number of nitriles is 1. The summed E-state index contributed by atoms with van der Waals surface area (Å²) in [6.07, 6.45) is 0.966. The Morgan fingerprint density at radius 1 is 1.29 bits per heavy atom. The Bertz CT molecular complexity index is 721. The second-order valence-corrected chi connectivity index (χ2v) is 5.55. The quantitative estimate of drug-likeness (QED) is 0.918. The molecule has 0 radical (unpaired) electrons. The van der Waals surface area contributed by atoms with Crippen molar-refractivity contribution in [1.29, 1.82) is 5.26 Å². The third-order valence-electron chi connectivity index (χ3n) is 3.68. The van der Waals surface area contributed by atoms with Crippen LogP contribution in [0.15, 0.2) is 36.4 Å². The number of ether oxygens (including phenoxy) is 1. The Balaban J connectivity index is 1.80. The molecule has 0 saturated carbocycles. The zero-order valence-corrected chi connectivity index (χ0v) is 12.4. The van der Waals surface area contributed by atoms with Crippen molar-refractivity contribution in [3.8, 4) is 11.8 Å². The predicted octanol–water partition coefficient (Wildman–Crippen LogP) is 4.32. The first-order chi connectivity index (χ1) is 10.2. The largest absolute Gasteiger partial charge is 0.493 e. The molecule has 1 aliphatic heterocycles. The van der Waals surface area contributed by atoms with Crippen LogP contribution in [0.3, 0.4) is 0 Å². The highest BCUT2D eigenvalue weighted by Gasteiger charge is 2.15. The fourth-order valence-corrected chi connectivity index (χ4v) is 2.73. The number of hydrogen-bond donors (Lipinski definition) is 1. The van der Waals surface area contributed by atoms with E-state index in [-0.39, 0.29) is 6.04 Å². The molecule has 0 bridgehead atoms. The molecule has 1 unspecified atom stereocenters. The van der Waals surface area contributed by atoms with E-state index in [0.717, 1.165) is 24.5 Å². The molecule has 1 atom stereocenters. The van der Waals surface area contributed by atoms with Gasteiger partial charge in [-0.25, -0.2) is 0 Å². The maximum Gasteiger partial charge on any atom is 0.122 e. The number of benzene rings is 2. The average Bonchev–Trinajstić information content (AvgIpc) is 2.96. The van der Waals surface area contributed by atoms with Gasteiger partial charge in [-0.2, -0.15) is 5.26 Å². The minimum atomic E-state index is 0.126. The lowest BCUT2D eigenvalue weighted by Crippen LogP contribution is -2.07. The van der Waals surface area contributed by atoms with Gasteiger partial charge in [0.2, 0.25) is 0 Å². The van der Waals surface area contributed by atoms with Crippen molar-refractivity contribution in [3.63, 3.8) is 0 Å². The van der Waals surface area contributed by atoms with Gasteiger partial charge in [0.1, 0.15) is 5.75 Å². The van der Waals surface area contributed by atoms with E-state index in [1.807, 2.05) is 12.1 Å². The number of rotatable bonds is 3. The van der Waals surface area contributed by atoms with Gasteiger partial charge in [-0.3, -0.25) is 0 Å². The molecule has 4 heteroatoms. The smallest absolute Gasteiger partial charge is 0.122 e. The maximum absolute atomic E-state index is 8.86. The lowest BCUT2D eigenvalue weighted by Gasteiger charge is -2.17. The van der Waals surface area contributed by atoms with E-state index in [9.17, 15) is 0 Å². The van der Waals surface area contributed by atoms with Gasteiger partial charge in [0.05, 0.1) is 28.9 Å². The van der Waals surface area contributed by atoms with E-state index in [4.69, 9.17) is 21.6 Å². The SMILES string of the molecule is CC(Nc1ccc(C#N)cc1Cl)c1ccc2c(c1)CCO2. The maximum atomic E-state index is 8.86. The summed E-state index contributed by atoms with van der Waals surface area (Å²) >= 11 is 6.20. The number of halogens is 1. The molecule has 1 N–H and O–H groups in total. The standard InChI is InChI=1S/C17H15ClN2O/c1-11(13-3-5-17-14(9-13)6-7-21-17)20-16-4-2-12(10-19)8-15(16)18/h2-5,8-9,11,20H,6-7H2,1H3.